The topological polar surface area (TPSA) is 87.5 Å². The quantitative estimate of drug-likeness (QED) is 0.726. The van der Waals surface area contributed by atoms with E-state index in [4.69, 9.17) is 4.52 Å². The van der Waals surface area contributed by atoms with E-state index in [1.165, 1.54) is 0 Å². The molecule has 0 saturated carbocycles. The summed E-state index contributed by atoms with van der Waals surface area (Å²) in [6.07, 6.45) is 0.389. The molecule has 28 heavy (non-hydrogen) atoms. The van der Waals surface area contributed by atoms with E-state index in [1.807, 2.05) is 55.5 Å². The van der Waals surface area contributed by atoms with Gasteiger partial charge >= 0.3 is 6.03 Å². The van der Waals surface area contributed by atoms with Gasteiger partial charge in [-0.15, -0.1) is 0 Å². The monoisotopic (exact) mass is 376 g/mol. The third-order valence-corrected chi connectivity index (χ3v) is 4.84. The standard InChI is InChI=1S/C21H20N4O3/c1-13(15-8-9-17-16(10-15)11-20(26)25(17)2)22-21(27)23-19-12-18(28-24-19)14-6-4-3-5-7-14/h3-10,12-13H,11H2,1-2H3,(H2,22,23,24,27). The first kappa shape index (κ1) is 17.8. The maximum absolute atomic E-state index is 12.3. The highest BCUT2D eigenvalue weighted by Gasteiger charge is 2.24. The molecular weight excluding hydrogens is 356 g/mol. The van der Waals surface area contributed by atoms with E-state index in [9.17, 15) is 9.59 Å². The van der Waals surface area contributed by atoms with Crippen molar-refractivity contribution in [1.29, 1.82) is 0 Å². The van der Waals surface area contributed by atoms with Gasteiger partial charge in [0.15, 0.2) is 11.6 Å². The number of carbonyl (C=O) groups is 2. The highest BCUT2D eigenvalue weighted by molar-refractivity contribution is 6.01. The number of nitrogens with one attached hydrogen (secondary N) is 2. The molecule has 1 unspecified atom stereocenters. The molecule has 0 spiro atoms. The molecule has 1 aliphatic rings. The Morgan fingerprint density at radius 3 is 2.75 bits per heavy atom. The minimum Gasteiger partial charge on any atom is -0.354 e. The molecule has 3 amide bonds. The first-order valence-electron chi connectivity index (χ1n) is 9.00. The van der Waals surface area contributed by atoms with Crippen molar-refractivity contribution >= 4 is 23.4 Å². The second-order valence-corrected chi connectivity index (χ2v) is 6.78. The summed E-state index contributed by atoms with van der Waals surface area (Å²) in [5.74, 6) is 0.992. The molecule has 2 aromatic carbocycles. The lowest BCUT2D eigenvalue weighted by Gasteiger charge is -2.16. The molecule has 2 N–H and O–H groups in total. The van der Waals surface area contributed by atoms with Crippen LogP contribution in [-0.2, 0) is 11.2 Å². The Balaban J connectivity index is 1.40. The molecule has 142 valence electrons. The number of amides is 3. The molecule has 1 aliphatic heterocycles. The molecule has 0 saturated heterocycles. The van der Waals surface area contributed by atoms with E-state index in [0.717, 1.165) is 22.4 Å². The number of aromatic nitrogens is 1. The summed E-state index contributed by atoms with van der Waals surface area (Å²) in [7, 11) is 1.77. The fraction of sp³-hybridized carbons (Fsp3) is 0.190. The van der Waals surface area contributed by atoms with E-state index in [2.05, 4.69) is 15.8 Å². The van der Waals surface area contributed by atoms with E-state index in [-0.39, 0.29) is 18.0 Å². The minimum atomic E-state index is -0.380. The summed E-state index contributed by atoms with van der Waals surface area (Å²) in [6.45, 7) is 1.89. The van der Waals surface area contributed by atoms with Gasteiger partial charge in [0, 0.05) is 24.4 Å². The Morgan fingerprint density at radius 2 is 1.96 bits per heavy atom. The van der Waals surface area contributed by atoms with Crippen LogP contribution >= 0.6 is 0 Å². The van der Waals surface area contributed by atoms with E-state index < -0.39 is 0 Å². The Bertz CT molecular complexity index is 1030. The number of hydrogen-bond acceptors (Lipinski definition) is 4. The number of fused-ring (bicyclic) bond motifs is 1. The summed E-state index contributed by atoms with van der Waals surface area (Å²) in [6, 6.07) is 16.4. The summed E-state index contributed by atoms with van der Waals surface area (Å²) in [4.78, 5) is 25.8. The third-order valence-electron chi connectivity index (χ3n) is 4.84. The Morgan fingerprint density at radius 1 is 1.18 bits per heavy atom. The van der Waals surface area contributed by atoms with E-state index in [0.29, 0.717) is 18.0 Å². The zero-order chi connectivity index (χ0) is 19.7. The number of benzene rings is 2. The van der Waals surface area contributed by atoms with Gasteiger partial charge < -0.3 is 14.7 Å². The maximum Gasteiger partial charge on any atom is 0.320 e. The number of hydrogen-bond donors (Lipinski definition) is 2. The highest BCUT2D eigenvalue weighted by atomic mass is 16.5. The molecule has 7 nitrogen and oxygen atoms in total. The number of anilines is 2. The summed E-state index contributed by atoms with van der Waals surface area (Å²) in [5, 5.41) is 9.45. The van der Waals surface area contributed by atoms with Gasteiger partial charge in [-0.2, -0.15) is 0 Å². The third kappa shape index (κ3) is 3.46. The number of rotatable bonds is 4. The van der Waals surface area contributed by atoms with Gasteiger partial charge in [0.1, 0.15) is 0 Å². The zero-order valence-electron chi connectivity index (χ0n) is 15.6. The van der Waals surface area contributed by atoms with Crippen molar-refractivity contribution in [3.63, 3.8) is 0 Å². The van der Waals surface area contributed by atoms with Gasteiger partial charge in [-0.1, -0.05) is 47.6 Å². The van der Waals surface area contributed by atoms with Gasteiger partial charge in [0.25, 0.3) is 0 Å². The predicted octanol–water partition coefficient (Wildman–Crippen LogP) is 3.74. The van der Waals surface area contributed by atoms with Crippen molar-refractivity contribution < 1.29 is 14.1 Å². The highest BCUT2D eigenvalue weighted by Crippen LogP contribution is 2.30. The minimum absolute atomic E-state index is 0.0748. The molecule has 4 rings (SSSR count). The van der Waals surface area contributed by atoms with Gasteiger partial charge in [-0.25, -0.2) is 4.79 Å². The molecule has 7 heteroatoms. The van der Waals surface area contributed by atoms with Crippen LogP contribution in [0.1, 0.15) is 24.1 Å². The number of urea groups is 1. The second kappa shape index (κ2) is 7.19. The van der Waals surface area contributed by atoms with Gasteiger partial charge in [-0.05, 0) is 24.1 Å². The molecule has 0 aliphatic carbocycles. The number of carbonyl (C=O) groups excluding carboxylic acids is 2. The molecule has 1 aromatic heterocycles. The van der Waals surface area contributed by atoms with Crippen LogP contribution in [0.25, 0.3) is 11.3 Å². The Hall–Kier alpha value is -3.61. The smallest absolute Gasteiger partial charge is 0.320 e. The van der Waals surface area contributed by atoms with Crippen LogP contribution in [0, 0.1) is 0 Å². The van der Waals surface area contributed by atoms with Crippen molar-refractivity contribution in [3.8, 4) is 11.3 Å². The molecule has 3 aromatic rings. The summed E-state index contributed by atoms with van der Waals surface area (Å²) < 4.78 is 5.28. The Labute approximate surface area is 162 Å². The van der Waals surface area contributed by atoms with Crippen LogP contribution in [0.4, 0.5) is 16.3 Å². The lowest BCUT2D eigenvalue weighted by molar-refractivity contribution is -0.117. The largest absolute Gasteiger partial charge is 0.354 e. The zero-order valence-corrected chi connectivity index (χ0v) is 15.6. The first-order chi connectivity index (χ1) is 13.5. The van der Waals surface area contributed by atoms with Crippen LogP contribution in [0.2, 0.25) is 0 Å². The van der Waals surface area contributed by atoms with Crippen LogP contribution < -0.4 is 15.5 Å². The van der Waals surface area contributed by atoms with Crippen molar-refractivity contribution in [2.45, 2.75) is 19.4 Å². The molecule has 0 fully saturated rings. The number of nitrogens with zero attached hydrogens (tertiary/aromatic N) is 2. The van der Waals surface area contributed by atoms with Crippen molar-refractivity contribution in [3.05, 3.63) is 65.7 Å². The van der Waals surface area contributed by atoms with Crippen LogP contribution in [-0.4, -0.2) is 24.1 Å². The fourth-order valence-electron chi connectivity index (χ4n) is 3.26. The fourth-order valence-corrected chi connectivity index (χ4v) is 3.26. The lowest BCUT2D eigenvalue weighted by atomic mass is 10.0. The van der Waals surface area contributed by atoms with Crippen molar-refractivity contribution in [1.82, 2.24) is 10.5 Å². The first-order valence-corrected chi connectivity index (χ1v) is 9.00. The average molecular weight is 376 g/mol. The average Bonchev–Trinajstić information content (AvgIpc) is 3.26. The van der Waals surface area contributed by atoms with Gasteiger partial charge in [0.05, 0.1) is 12.5 Å². The van der Waals surface area contributed by atoms with E-state index >= 15 is 0 Å². The molecule has 1 atom stereocenters. The second-order valence-electron chi connectivity index (χ2n) is 6.78. The van der Waals surface area contributed by atoms with E-state index in [1.54, 1.807) is 18.0 Å². The lowest BCUT2D eigenvalue weighted by Crippen LogP contribution is -2.31. The van der Waals surface area contributed by atoms with Gasteiger partial charge in [-0.3, -0.25) is 10.1 Å². The predicted molar refractivity (Wildman–Crippen MR) is 106 cm³/mol. The Kier molecular flexibility index (Phi) is 4.57. The van der Waals surface area contributed by atoms with Crippen molar-refractivity contribution in [2.24, 2.45) is 0 Å². The molecule has 2 heterocycles. The van der Waals surface area contributed by atoms with Crippen molar-refractivity contribution in [2.75, 3.05) is 17.3 Å². The molecule has 0 radical (unpaired) electrons. The molecule has 0 bridgehead atoms. The number of likely N-dealkylation sites (N-methyl/N-ethyl adjacent to an activating group) is 1. The van der Waals surface area contributed by atoms with Crippen LogP contribution in [0.15, 0.2) is 59.1 Å². The van der Waals surface area contributed by atoms with Crippen LogP contribution in [0.3, 0.4) is 0 Å². The SMILES string of the molecule is CC(NC(=O)Nc1cc(-c2ccccc2)on1)c1ccc2c(c1)CC(=O)N2C. The normalized spacial score (nSPS) is 13.9. The summed E-state index contributed by atoms with van der Waals surface area (Å²) >= 11 is 0. The van der Waals surface area contributed by atoms with Gasteiger partial charge in [0.2, 0.25) is 5.91 Å². The van der Waals surface area contributed by atoms with Crippen LogP contribution in [0.5, 0.6) is 0 Å². The molecular formula is C21H20N4O3. The summed E-state index contributed by atoms with van der Waals surface area (Å²) in [5.41, 5.74) is 3.71. The maximum atomic E-state index is 12.3.